The third kappa shape index (κ3) is 4.49. The number of aliphatic hydroxyl groups is 1. The van der Waals surface area contributed by atoms with Crippen LogP contribution < -0.4 is 10.2 Å². The predicted molar refractivity (Wildman–Crippen MR) is 97.2 cm³/mol. The van der Waals surface area contributed by atoms with Crippen molar-refractivity contribution in [3.63, 3.8) is 0 Å². The Kier molecular flexibility index (Phi) is 6.38. The van der Waals surface area contributed by atoms with Gasteiger partial charge in [0, 0.05) is 31.1 Å². The largest absolute Gasteiger partial charge is 0.396 e. The van der Waals surface area contributed by atoms with Crippen LogP contribution in [0.3, 0.4) is 0 Å². The molecule has 0 aromatic carbocycles. The zero-order chi connectivity index (χ0) is 18.6. The summed E-state index contributed by atoms with van der Waals surface area (Å²) in [6, 6.07) is 5.97. The minimum atomic E-state index is -0.148. The molecule has 1 aliphatic heterocycles. The highest BCUT2D eigenvalue weighted by Crippen LogP contribution is 2.30. The lowest BCUT2D eigenvalue weighted by atomic mass is 9.91. The Morgan fingerprint density at radius 3 is 2.68 bits per heavy atom. The highest BCUT2D eigenvalue weighted by atomic mass is 16.3. The Hall–Kier alpha value is -2.13. The summed E-state index contributed by atoms with van der Waals surface area (Å²) in [6.45, 7) is 9.68. The van der Waals surface area contributed by atoms with Gasteiger partial charge in [-0.05, 0) is 24.0 Å². The van der Waals surface area contributed by atoms with E-state index in [1.54, 1.807) is 0 Å². The molecular weight excluding hydrogens is 316 g/mol. The maximum Gasteiger partial charge on any atom is 0.222 e. The molecule has 2 heterocycles. The number of nitrogens with one attached hydrogen (secondary N) is 1. The fraction of sp³-hybridized carbons (Fsp3) is 0.632. The molecule has 2 atom stereocenters. The first-order valence-electron chi connectivity index (χ1n) is 8.93. The van der Waals surface area contributed by atoms with Crippen molar-refractivity contribution in [1.29, 1.82) is 5.26 Å². The minimum Gasteiger partial charge on any atom is -0.396 e. The summed E-state index contributed by atoms with van der Waals surface area (Å²) in [5.41, 5.74) is 1.53. The first-order valence-corrected chi connectivity index (χ1v) is 8.93. The number of anilines is 1. The van der Waals surface area contributed by atoms with Crippen molar-refractivity contribution >= 4 is 11.7 Å². The van der Waals surface area contributed by atoms with Crippen LogP contribution in [0.4, 0.5) is 5.82 Å². The Labute approximate surface area is 149 Å². The average molecular weight is 344 g/mol. The Bertz CT molecular complexity index is 651. The highest BCUT2D eigenvalue weighted by Gasteiger charge is 2.37. The topological polar surface area (TPSA) is 89.2 Å². The van der Waals surface area contributed by atoms with Gasteiger partial charge in [0.2, 0.25) is 5.91 Å². The van der Waals surface area contributed by atoms with Gasteiger partial charge in [0.1, 0.15) is 11.9 Å². The molecule has 136 valence electrons. The van der Waals surface area contributed by atoms with Gasteiger partial charge in [-0.2, -0.15) is 5.26 Å². The van der Waals surface area contributed by atoms with Gasteiger partial charge in [-0.25, -0.2) is 4.98 Å². The molecule has 1 aliphatic rings. The fourth-order valence-corrected chi connectivity index (χ4v) is 3.32. The first kappa shape index (κ1) is 19.2. The van der Waals surface area contributed by atoms with Crippen LogP contribution in [-0.4, -0.2) is 41.7 Å². The maximum absolute atomic E-state index is 11.9. The standard InChI is InChI=1S/C19H28N4O2/c1-12(2)15-10-23(11-17(15)21-18(25)7-8-24)19-14(9-20)5-6-16(22-19)13(3)4/h5-6,12-13,15,17,24H,7-8,10-11H2,1-4H3,(H,21,25)/t15-,17+/m1/s1. The molecule has 0 saturated carbocycles. The fourth-order valence-electron chi connectivity index (χ4n) is 3.32. The van der Waals surface area contributed by atoms with Crippen LogP contribution in [0.1, 0.15) is 51.3 Å². The van der Waals surface area contributed by atoms with Crippen LogP contribution in [0.5, 0.6) is 0 Å². The smallest absolute Gasteiger partial charge is 0.222 e. The second-order valence-corrected chi connectivity index (χ2v) is 7.33. The summed E-state index contributed by atoms with van der Waals surface area (Å²) >= 11 is 0. The Morgan fingerprint density at radius 2 is 2.12 bits per heavy atom. The molecule has 1 saturated heterocycles. The minimum absolute atomic E-state index is 0.00454. The van der Waals surface area contributed by atoms with Gasteiger partial charge >= 0.3 is 0 Å². The summed E-state index contributed by atoms with van der Waals surface area (Å²) in [5.74, 6) is 1.53. The number of aromatic nitrogens is 1. The number of hydrogen-bond donors (Lipinski definition) is 2. The number of hydrogen-bond acceptors (Lipinski definition) is 5. The zero-order valence-electron chi connectivity index (χ0n) is 15.5. The van der Waals surface area contributed by atoms with Crippen LogP contribution >= 0.6 is 0 Å². The lowest BCUT2D eigenvalue weighted by molar-refractivity contribution is -0.122. The molecule has 6 heteroatoms. The molecular formula is C19H28N4O2. The molecule has 0 bridgehead atoms. The van der Waals surface area contributed by atoms with Gasteiger partial charge in [-0.1, -0.05) is 27.7 Å². The van der Waals surface area contributed by atoms with E-state index in [1.165, 1.54) is 0 Å². The normalized spacial score (nSPS) is 20.2. The van der Waals surface area contributed by atoms with Gasteiger partial charge in [0.05, 0.1) is 18.2 Å². The van der Waals surface area contributed by atoms with E-state index in [0.29, 0.717) is 23.8 Å². The molecule has 6 nitrogen and oxygen atoms in total. The third-order valence-electron chi connectivity index (χ3n) is 4.81. The number of nitriles is 1. The number of nitrogens with zero attached hydrogens (tertiary/aromatic N) is 3. The molecule has 2 rings (SSSR count). The van der Waals surface area contributed by atoms with Gasteiger partial charge < -0.3 is 15.3 Å². The van der Waals surface area contributed by atoms with Gasteiger partial charge in [-0.15, -0.1) is 0 Å². The van der Waals surface area contributed by atoms with E-state index in [-0.39, 0.29) is 36.8 Å². The van der Waals surface area contributed by atoms with E-state index in [2.05, 4.69) is 44.0 Å². The van der Waals surface area contributed by atoms with E-state index in [4.69, 9.17) is 10.1 Å². The van der Waals surface area contributed by atoms with E-state index in [1.807, 2.05) is 12.1 Å². The van der Waals surface area contributed by atoms with Crippen LogP contribution in [-0.2, 0) is 4.79 Å². The van der Waals surface area contributed by atoms with Gasteiger partial charge in [-0.3, -0.25) is 4.79 Å². The summed E-state index contributed by atoms with van der Waals surface area (Å²) in [4.78, 5) is 18.7. The second-order valence-electron chi connectivity index (χ2n) is 7.33. The predicted octanol–water partition coefficient (Wildman–Crippen LogP) is 2.04. The quantitative estimate of drug-likeness (QED) is 0.824. The van der Waals surface area contributed by atoms with Crippen molar-refractivity contribution in [2.45, 2.75) is 46.1 Å². The lowest BCUT2D eigenvalue weighted by Gasteiger charge is -2.22. The lowest BCUT2D eigenvalue weighted by Crippen LogP contribution is -2.42. The molecule has 2 N–H and O–H groups in total. The van der Waals surface area contributed by atoms with Crippen LogP contribution in [0.2, 0.25) is 0 Å². The molecule has 1 amide bonds. The van der Waals surface area contributed by atoms with E-state index in [9.17, 15) is 10.1 Å². The number of carbonyl (C=O) groups excluding carboxylic acids is 1. The second kappa shape index (κ2) is 8.30. The molecule has 1 aromatic rings. The number of rotatable bonds is 6. The molecule has 0 aliphatic carbocycles. The maximum atomic E-state index is 11.9. The summed E-state index contributed by atoms with van der Waals surface area (Å²) < 4.78 is 0. The van der Waals surface area contributed by atoms with Gasteiger partial charge in [0.25, 0.3) is 0 Å². The first-order chi connectivity index (χ1) is 11.9. The molecule has 0 spiro atoms. The van der Waals surface area contributed by atoms with Crippen LogP contribution in [0.15, 0.2) is 12.1 Å². The van der Waals surface area contributed by atoms with Crippen molar-refractivity contribution in [3.8, 4) is 6.07 Å². The van der Waals surface area contributed by atoms with E-state index in [0.717, 1.165) is 12.2 Å². The summed E-state index contributed by atoms with van der Waals surface area (Å²) in [7, 11) is 0. The summed E-state index contributed by atoms with van der Waals surface area (Å²) in [5, 5.41) is 21.4. The van der Waals surface area contributed by atoms with Gasteiger partial charge in [0.15, 0.2) is 0 Å². The number of aliphatic hydroxyl groups excluding tert-OH is 1. The van der Waals surface area contributed by atoms with Crippen LogP contribution in [0.25, 0.3) is 0 Å². The van der Waals surface area contributed by atoms with E-state index >= 15 is 0 Å². The van der Waals surface area contributed by atoms with Crippen molar-refractivity contribution in [2.75, 3.05) is 24.6 Å². The monoisotopic (exact) mass is 344 g/mol. The number of amides is 1. The van der Waals surface area contributed by atoms with Crippen molar-refractivity contribution < 1.29 is 9.90 Å². The average Bonchev–Trinajstić information content (AvgIpc) is 2.98. The number of pyridine rings is 1. The molecule has 25 heavy (non-hydrogen) atoms. The van der Waals surface area contributed by atoms with Crippen molar-refractivity contribution in [1.82, 2.24) is 10.3 Å². The molecule has 1 fully saturated rings. The zero-order valence-corrected chi connectivity index (χ0v) is 15.5. The van der Waals surface area contributed by atoms with Crippen molar-refractivity contribution in [3.05, 3.63) is 23.4 Å². The van der Waals surface area contributed by atoms with Crippen molar-refractivity contribution in [2.24, 2.45) is 11.8 Å². The summed E-state index contributed by atoms with van der Waals surface area (Å²) in [6.07, 6.45) is 0.117. The Balaban J connectivity index is 2.27. The SMILES string of the molecule is CC(C)c1ccc(C#N)c(N2C[C@H](NC(=O)CCO)[C@@H](C(C)C)C2)n1. The highest BCUT2D eigenvalue weighted by molar-refractivity contribution is 5.76. The Morgan fingerprint density at radius 1 is 1.40 bits per heavy atom. The van der Waals surface area contributed by atoms with E-state index < -0.39 is 0 Å². The molecule has 1 aromatic heterocycles. The molecule has 0 radical (unpaired) electrons. The molecule has 0 unspecified atom stereocenters. The third-order valence-corrected chi connectivity index (χ3v) is 4.81. The number of carbonyl (C=O) groups is 1. The van der Waals surface area contributed by atoms with Crippen LogP contribution in [0, 0.1) is 23.2 Å².